The first-order valence-corrected chi connectivity index (χ1v) is 15.2. The second-order valence-electron chi connectivity index (χ2n) is 11.9. The third-order valence-electron chi connectivity index (χ3n) is 8.37. The fourth-order valence-corrected chi connectivity index (χ4v) is 6.18. The minimum Gasteiger partial charge on any atom is -0.507 e. The molecule has 2 heterocycles. The molecule has 0 bridgehead atoms. The number of aromatic nitrogens is 3. The number of phenols is 1. The van der Waals surface area contributed by atoms with Gasteiger partial charge < -0.3 is 9.67 Å². The maximum atomic E-state index is 11.0. The summed E-state index contributed by atoms with van der Waals surface area (Å²) < 4.78 is 2.33. The summed E-state index contributed by atoms with van der Waals surface area (Å²) in [6, 6.07) is 42.3. The first kappa shape index (κ1) is 30.5. The molecule has 0 amide bonds. The van der Waals surface area contributed by atoms with Crippen molar-refractivity contribution in [2.75, 3.05) is 0 Å². The van der Waals surface area contributed by atoms with Crippen molar-refractivity contribution in [3.8, 4) is 45.3 Å². The van der Waals surface area contributed by atoms with E-state index in [1.807, 2.05) is 66.7 Å². The Hall–Kier alpha value is -4.53. The van der Waals surface area contributed by atoms with Crippen molar-refractivity contribution in [2.45, 2.75) is 39.5 Å². The maximum Gasteiger partial charge on any atom is 0.125 e. The predicted molar refractivity (Wildman–Crippen MR) is 181 cm³/mol. The van der Waals surface area contributed by atoms with Gasteiger partial charge in [0.1, 0.15) is 5.75 Å². The molecule has 2 aromatic heterocycles. The van der Waals surface area contributed by atoms with Gasteiger partial charge in [0.05, 0.1) is 28.2 Å². The summed E-state index contributed by atoms with van der Waals surface area (Å²) in [5.74, 6) is 1.71. The van der Waals surface area contributed by atoms with Crippen molar-refractivity contribution in [3.05, 3.63) is 132 Å². The van der Waals surface area contributed by atoms with Gasteiger partial charge in [-0.15, -0.1) is 35.9 Å². The zero-order valence-corrected chi connectivity index (χ0v) is 28.0. The van der Waals surface area contributed by atoms with Crippen molar-refractivity contribution in [1.82, 2.24) is 14.5 Å². The number of hydrogen-bond donors (Lipinski definition) is 1. The number of fused-ring (bicyclic) bond motifs is 2. The standard InChI is InChI=1S/C40H34N3O.Pt/c1-25(2)30-17-10-18-31(26(3)4)39(30)43-36-22-11-19-32(38(36)42-40(43)27-13-6-5-7-14-27)34-20-12-21-35(41-34)33-23-28-15-8-9-16-29(28)24-37(33)44;/h5-13,15-26,44H,1-4H3;/q-1;. The number of imidazole rings is 1. The Balaban J connectivity index is 0.00000357. The number of hydrogen-bond acceptors (Lipinski definition) is 3. The SMILES string of the molecule is CC(C)c1cccc(C(C)C)c1-n1c(-c2[c-]cccc2)nc2c(-c3cccc(-c4cc5ccccc5cc4O)n3)cccc21.[Pt]. The molecule has 226 valence electrons. The van der Waals surface area contributed by atoms with Gasteiger partial charge in [0, 0.05) is 37.9 Å². The Morgan fingerprint density at radius 2 is 1.27 bits per heavy atom. The van der Waals surface area contributed by atoms with Crippen LogP contribution in [0.5, 0.6) is 5.75 Å². The van der Waals surface area contributed by atoms with Gasteiger partial charge in [-0.3, -0.25) is 4.98 Å². The normalized spacial score (nSPS) is 11.4. The zero-order valence-electron chi connectivity index (χ0n) is 25.7. The van der Waals surface area contributed by atoms with Crippen LogP contribution in [0.2, 0.25) is 0 Å². The van der Waals surface area contributed by atoms with E-state index in [1.165, 1.54) is 16.8 Å². The van der Waals surface area contributed by atoms with Gasteiger partial charge in [-0.05, 0) is 64.1 Å². The van der Waals surface area contributed by atoms with Crippen LogP contribution in [0, 0.1) is 6.07 Å². The molecule has 7 aromatic rings. The number of nitrogens with zero attached hydrogens (tertiary/aromatic N) is 3. The van der Waals surface area contributed by atoms with Gasteiger partial charge in [0.25, 0.3) is 0 Å². The zero-order chi connectivity index (χ0) is 30.4. The van der Waals surface area contributed by atoms with Crippen LogP contribution in [0.1, 0.15) is 50.7 Å². The van der Waals surface area contributed by atoms with Gasteiger partial charge in [-0.25, -0.2) is 4.98 Å². The van der Waals surface area contributed by atoms with Crippen molar-refractivity contribution in [2.24, 2.45) is 0 Å². The number of rotatable bonds is 6. The smallest absolute Gasteiger partial charge is 0.125 e. The molecular weight excluding hydrogens is 734 g/mol. The van der Waals surface area contributed by atoms with Crippen LogP contribution in [-0.2, 0) is 21.1 Å². The van der Waals surface area contributed by atoms with Crippen LogP contribution in [0.15, 0.2) is 115 Å². The van der Waals surface area contributed by atoms with Gasteiger partial charge >= 0.3 is 0 Å². The van der Waals surface area contributed by atoms with Crippen LogP contribution in [0.4, 0.5) is 0 Å². The molecule has 0 fully saturated rings. The quantitative estimate of drug-likeness (QED) is 0.172. The predicted octanol–water partition coefficient (Wildman–Crippen LogP) is 10.3. The molecule has 7 rings (SSSR count). The van der Waals surface area contributed by atoms with E-state index in [2.05, 4.69) is 86.9 Å². The molecule has 4 nitrogen and oxygen atoms in total. The van der Waals surface area contributed by atoms with Crippen molar-refractivity contribution < 1.29 is 26.2 Å². The molecule has 0 unspecified atom stereocenters. The summed E-state index contributed by atoms with van der Waals surface area (Å²) >= 11 is 0. The molecule has 0 aliphatic heterocycles. The second kappa shape index (κ2) is 12.5. The molecule has 45 heavy (non-hydrogen) atoms. The van der Waals surface area contributed by atoms with E-state index in [0.29, 0.717) is 23.1 Å². The Morgan fingerprint density at radius 3 is 1.93 bits per heavy atom. The van der Waals surface area contributed by atoms with Crippen molar-refractivity contribution in [1.29, 1.82) is 0 Å². The molecule has 1 N–H and O–H groups in total. The topological polar surface area (TPSA) is 50.9 Å². The summed E-state index contributed by atoms with van der Waals surface area (Å²) in [5, 5.41) is 13.0. The van der Waals surface area contributed by atoms with Crippen LogP contribution in [0.25, 0.3) is 61.4 Å². The van der Waals surface area contributed by atoms with Gasteiger partial charge in [0.2, 0.25) is 0 Å². The van der Waals surface area contributed by atoms with Crippen LogP contribution in [-0.4, -0.2) is 19.6 Å². The molecule has 0 spiro atoms. The number of para-hydroxylation sites is 2. The molecule has 0 saturated heterocycles. The first-order valence-electron chi connectivity index (χ1n) is 15.2. The average molecular weight is 768 g/mol. The molecule has 5 aromatic carbocycles. The van der Waals surface area contributed by atoms with E-state index in [-0.39, 0.29) is 26.8 Å². The number of benzene rings is 5. The third kappa shape index (κ3) is 5.49. The monoisotopic (exact) mass is 767 g/mol. The van der Waals surface area contributed by atoms with Crippen molar-refractivity contribution >= 4 is 21.8 Å². The Labute approximate surface area is 278 Å². The molecule has 0 aliphatic rings. The van der Waals surface area contributed by atoms with E-state index in [9.17, 15) is 5.11 Å². The van der Waals surface area contributed by atoms with Crippen LogP contribution >= 0.6 is 0 Å². The molecule has 0 aliphatic carbocycles. The van der Waals surface area contributed by atoms with Crippen molar-refractivity contribution in [3.63, 3.8) is 0 Å². The Kier molecular flexibility index (Phi) is 8.44. The van der Waals surface area contributed by atoms with Gasteiger partial charge in [0.15, 0.2) is 0 Å². The fourth-order valence-electron chi connectivity index (χ4n) is 6.18. The fraction of sp³-hybridized carbons (Fsp3) is 0.150. The largest absolute Gasteiger partial charge is 0.507 e. The number of phenolic OH excluding ortho intramolecular Hbond substituents is 1. The van der Waals surface area contributed by atoms with E-state index in [0.717, 1.165) is 44.5 Å². The van der Waals surface area contributed by atoms with E-state index >= 15 is 0 Å². The van der Waals surface area contributed by atoms with Gasteiger partial charge in [-0.1, -0.05) is 88.4 Å². The van der Waals surface area contributed by atoms with E-state index in [1.54, 1.807) is 0 Å². The maximum absolute atomic E-state index is 11.0. The van der Waals surface area contributed by atoms with Crippen LogP contribution in [0.3, 0.4) is 0 Å². The molecule has 0 radical (unpaired) electrons. The Bertz CT molecular complexity index is 2120. The van der Waals surface area contributed by atoms with Crippen LogP contribution < -0.4 is 0 Å². The Morgan fingerprint density at radius 1 is 0.644 bits per heavy atom. The van der Waals surface area contributed by atoms with E-state index in [4.69, 9.17) is 9.97 Å². The average Bonchev–Trinajstić information content (AvgIpc) is 3.44. The molecular formula is C40H34N3OPt-. The summed E-state index contributed by atoms with van der Waals surface area (Å²) in [7, 11) is 0. The minimum absolute atomic E-state index is 0. The third-order valence-corrected chi connectivity index (χ3v) is 8.37. The first-order chi connectivity index (χ1) is 21.4. The summed E-state index contributed by atoms with van der Waals surface area (Å²) in [4.78, 5) is 10.4. The second-order valence-corrected chi connectivity index (χ2v) is 11.9. The molecule has 0 atom stereocenters. The number of aromatic hydroxyl groups is 1. The summed E-state index contributed by atoms with van der Waals surface area (Å²) in [6.07, 6.45) is 0. The minimum atomic E-state index is 0. The molecule has 0 saturated carbocycles. The van der Waals surface area contributed by atoms with E-state index < -0.39 is 0 Å². The summed E-state index contributed by atoms with van der Waals surface area (Å²) in [5.41, 5.74) is 9.74. The molecule has 5 heteroatoms. The summed E-state index contributed by atoms with van der Waals surface area (Å²) in [6.45, 7) is 9.00. The van der Waals surface area contributed by atoms with Gasteiger partial charge in [-0.2, -0.15) is 0 Å². The number of pyridine rings is 1.